The lowest BCUT2D eigenvalue weighted by Gasteiger charge is -2.31. The number of carbonyl (C=O) groups is 1. The number of thioether (sulfide) groups is 1. The molecule has 19 heavy (non-hydrogen) atoms. The second-order valence-corrected chi connectivity index (χ2v) is 6.16. The van der Waals surface area contributed by atoms with Gasteiger partial charge in [-0.1, -0.05) is 12.1 Å². The Kier molecular flexibility index (Phi) is 3.46. The van der Waals surface area contributed by atoms with Gasteiger partial charge >= 0.3 is 0 Å². The minimum absolute atomic E-state index is 0.206. The number of nitrogens with zero attached hydrogens (tertiary/aromatic N) is 2. The molecule has 2 heterocycles. The van der Waals surface area contributed by atoms with E-state index in [9.17, 15) is 4.79 Å². The van der Waals surface area contributed by atoms with E-state index in [4.69, 9.17) is 0 Å². The van der Waals surface area contributed by atoms with E-state index < -0.39 is 0 Å². The van der Waals surface area contributed by atoms with Gasteiger partial charge in [-0.2, -0.15) is 0 Å². The largest absolute Gasteiger partial charge is 0.342 e. The van der Waals surface area contributed by atoms with Crippen LogP contribution in [0.5, 0.6) is 0 Å². The molecule has 0 radical (unpaired) electrons. The van der Waals surface area contributed by atoms with Crippen molar-refractivity contribution in [2.45, 2.75) is 18.6 Å². The predicted octanol–water partition coefficient (Wildman–Crippen LogP) is 2.59. The molecular weight excluding hydrogens is 258 g/mol. The normalized spacial score (nSPS) is 16.4. The molecule has 0 aliphatic carbocycles. The Morgan fingerprint density at radius 1 is 1.47 bits per heavy atom. The van der Waals surface area contributed by atoms with Crippen molar-refractivity contribution in [1.82, 2.24) is 14.9 Å². The average Bonchev–Trinajstić information content (AvgIpc) is 2.77. The Labute approximate surface area is 116 Å². The minimum Gasteiger partial charge on any atom is -0.342 e. The first kappa shape index (κ1) is 12.5. The van der Waals surface area contributed by atoms with Crippen LogP contribution in [0.25, 0.3) is 11.0 Å². The number of fused-ring (bicyclic) bond motifs is 1. The van der Waals surface area contributed by atoms with Crippen molar-refractivity contribution in [2.24, 2.45) is 0 Å². The number of hydrogen-bond donors (Lipinski definition) is 1. The topological polar surface area (TPSA) is 49.0 Å². The van der Waals surface area contributed by atoms with Crippen molar-refractivity contribution < 1.29 is 4.79 Å². The lowest BCUT2D eigenvalue weighted by molar-refractivity contribution is -0.131. The van der Waals surface area contributed by atoms with Gasteiger partial charge in [0.1, 0.15) is 5.82 Å². The van der Waals surface area contributed by atoms with E-state index in [1.54, 1.807) is 11.8 Å². The molecule has 1 N–H and O–H groups in total. The van der Waals surface area contributed by atoms with Crippen LogP contribution in [0.2, 0.25) is 0 Å². The van der Waals surface area contributed by atoms with Crippen LogP contribution in [-0.4, -0.2) is 39.6 Å². The summed E-state index contributed by atoms with van der Waals surface area (Å²) in [5.41, 5.74) is 2.04. The van der Waals surface area contributed by atoms with E-state index in [1.165, 1.54) is 0 Å². The van der Waals surface area contributed by atoms with Crippen LogP contribution in [0.15, 0.2) is 24.3 Å². The van der Waals surface area contributed by atoms with Crippen LogP contribution < -0.4 is 0 Å². The molecule has 100 valence electrons. The van der Waals surface area contributed by atoms with Gasteiger partial charge in [-0.15, -0.1) is 11.8 Å². The quantitative estimate of drug-likeness (QED) is 0.933. The highest BCUT2D eigenvalue weighted by atomic mass is 32.2. The van der Waals surface area contributed by atoms with Crippen LogP contribution in [0.3, 0.4) is 0 Å². The van der Waals surface area contributed by atoms with E-state index in [2.05, 4.69) is 16.9 Å². The molecule has 1 fully saturated rings. The van der Waals surface area contributed by atoms with Gasteiger partial charge in [0, 0.05) is 13.1 Å². The van der Waals surface area contributed by atoms with Gasteiger partial charge < -0.3 is 9.88 Å². The number of carbonyl (C=O) groups excluding carboxylic acids is 1. The summed E-state index contributed by atoms with van der Waals surface area (Å²) < 4.78 is 0. The summed E-state index contributed by atoms with van der Waals surface area (Å²) in [4.78, 5) is 21.6. The van der Waals surface area contributed by atoms with E-state index in [1.807, 2.05) is 29.2 Å². The smallest absolute Gasteiger partial charge is 0.232 e. The monoisotopic (exact) mass is 275 g/mol. The zero-order valence-corrected chi connectivity index (χ0v) is 11.7. The number of benzene rings is 1. The van der Waals surface area contributed by atoms with Crippen LogP contribution in [0, 0.1) is 0 Å². The molecule has 1 unspecified atom stereocenters. The summed E-state index contributed by atoms with van der Waals surface area (Å²) in [5.74, 6) is 1.74. The molecule has 0 saturated carbocycles. The molecule has 2 aromatic rings. The predicted molar refractivity (Wildman–Crippen MR) is 78.2 cm³/mol. The third-order valence-corrected chi connectivity index (χ3v) is 4.60. The van der Waals surface area contributed by atoms with Gasteiger partial charge in [-0.05, 0) is 25.5 Å². The molecule has 1 atom stereocenters. The second kappa shape index (κ2) is 5.25. The van der Waals surface area contributed by atoms with Gasteiger partial charge in [0.05, 0.1) is 22.0 Å². The number of rotatable bonds is 4. The molecule has 0 spiro atoms. The molecule has 1 aliphatic heterocycles. The number of H-pyrrole nitrogens is 1. The Balaban J connectivity index is 1.62. The Morgan fingerprint density at radius 2 is 2.26 bits per heavy atom. The van der Waals surface area contributed by atoms with Crippen LogP contribution in [0.1, 0.15) is 24.4 Å². The highest BCUT2D eigenvalue weighted by Gasteiger charge is 2.21. The van der Waals surface area contributed by atoms with Gasteiger partial charge in [0.2, 0.25) is 5.91 Å². The number of aromatic nitrogens is 2. The summed E-state index contributed by atoms with van der Waals surface area (Å²) in [6.45, 7) is 3.95. The summed E-state index contributed by atoms with van der Waals surface area (Å²) in [5, 5.41) is 0.206. The van der Waals surface area contributed by atoms with Crippen LogP contribution >= 0.6 is 11.8 Å². The Morgan fingerprint density at radius 3 is 2.95 bits per heavy atom. The standard InChI is InChI=1S/C14H17N3OS/c1-10(19-9-13(18)17-7-4-8-17)14-15-11-5-2-3-6-12(11)16-14/h2-3,5-6,10H,4,7-9H2,1H3,(H,15,16). The number of nitrogens with one attached hydrogen (secondary N) is 1. The molecule has 1 aromatic heterocycles. The van der Waals surface area contributed by atoms with Gasteiger partial charge in [-0.3, -0.25) is 4.79 Å². The maximum absolute atomic E-state index is 11.8. The highest BCUT2D eigenvalue weighted by Crippen LogP contribution is 2.28. The van der Waals surface area contributed by atoms with E-state index in [-0.39, 0.29) is 11.2 Å². The van der Waals surface area contributed by atoms with E-state index >= 15 is 0 Å². The second-order valence-electron chi connectivity index (χ2n) is 4.83. The fourth-order valence-electron chi connectivity index (χ4n) is 2.10. The molecule has 0 bridgehead atoms. The maximum atomic E-state index is 11.8. The SMILES string of the molecule is CC(SCC(=O)N1CCC1)c1nc2ccccc2[nH]1. The average molecular weight is 275 g/mol. The number of amides is 1. The molecule has 3 rings (SSSR count). The summed E-state index contributed by atoms with van der Waals surface area (Å²) in [6, 6.07) is 8.00. The van der Waals surface area contributed by atoms with Crippen molar-refractivity contribution in [1.29, 1.82) is 0 Å². The zero-order chi connectivity index (χ0) is 13.2. The van der Waals surface area contributed by atoms with Gasteiger partial charge in [0.25, 0.3) is 0 Å². The van der Waals surface area contributed by atoms with Crippen LogP contribution in [0.4, 0.5) is 0 Å². The number of aromatic amines is 1. The lowest BCUT2D eigenvalue weighted by Crippen LogP contribution is -2.43. The van der Waals surface area contributed by atoms with Gasteiger partial charge in [-0.25, -0.2) is 4.98 Å². The van der Waals surface area contributed by atoms with E-state index in [0.29, 0.717) is 5.75 Å². The molecule has 1 aliphatic rings. The van der Waals surface area contributed by atoms with Crippen molar-refractivity contribution in [2.75, 3.05) is 18.8 Å². The molecule has 4 nitrogen and oxygen atoms in total. The lowest BCUT2D eigenvalue weighted by atomic mass is 10.2. The molecule has 1 aromatic carbocycles. The first-order chi connectivity index (χ1) is 9.24. The highest BCUT2D eigenvalue weighted by molar-refractivity contribution is 8.00. The minimum atomic E-state index is 0.206. The maximum Gasteiger partial charge on any atom is 0.232 e. The summed E-state index contributed by atoms with van der Waals surface area (Å²) >= 11 is 1.65. The number of para-hydroxylation sites is 2. The number of hydrogen-bond acceptors (Lipinski definition) is 3. The fourth-order valence-corrected chi connectivity index (χ4v) is 2.94. The summed E-state index contributed by atoms with van der Waals surface area (Å²) in [7, 11) is 0. The molecule has 1 saturated heterocycles. The molecule has 1 amide bonds. The number of likely N-dealkylation sites (tertiary alicyclic amines) is 1. The Bertz CT molecular complexity index is 558. The molecule has 5 heteroatoms. The third kappa shape index (κ3) is 2.61. The van der Waals surface area contributed by atoms with Crippen LogP contribution in [-0.2, 0) is 4.79 Å². The number of imidazole rings is 1. The Hall–Kier alpha value is -1.49. The van der Waals surface area contributed by atoms with Crippen molar-refractivity contribution in [3.8, 4) is 0 Å². The zero-order valence-electron chi connectivity index (χ0n) is 10.9. The first-order valence-corrected chi connectivity index (χ1v) is 7.63. The van der Waals surface area contributed by atoms with Crippen molar-refractivity contribution in [3.63, 3.8) is 0 Å². The summed E-state index contributed by atoms with van der Waals surface area (Å²) in [6.07, 6.45) is 1.15. The third-order valence-electron chi connectivity index (χ3n) is 3.46. The van der Waals surface area contributed by atoms with E-state index in [0.717, 1.165) is 36.4 Å². The van der Waals surface area contributed by atoms with Gasteiger partial charge in [0.15, 0.2) is 0 Å². The van der Waals surface area contributed by atoms with Crippen molar-refractivity contribution >= 4 is 28.7 Å². The first-order valence-electron chi connectivity index (χ1n) is 6.58. The fraction of sp³-hybridized carbons (Fsp3) is 0.429. The van der Waals surface area contributed by atoms with Crippen molar-refractivity contribution in [3.05, 3.63) is 30.1 Å². The molecular formula is C14H17N3OS.